The van der Waals surface area contributed by atoms with Gasteiger partial charge in [0.15, 0.2) is 0 Å². The van der Waals surface area contributed by atoms with Crippen molar-refractivity contribution in [2.75, 3.05) is 0 Å². The predicted octanol–water partition coefficient (Wildman–Crippen LogP) is 2.17. The maximum atomic E-state index is 13.4. The standard InChI is InChI=1S/C12H13FN2O/c13-11-4-2-1-3-9(11)7-12(15-14)10-5-6-16-8-10/h1-6,8,12,15H,7,14H2. The van der Waals surface area contributed by atoms with Crippen molar-refractivity contribution in [3.8, 4) is 0 Å². The highest BCUT2D eigenvalue weighted by molar-refractivity contribution is 5.22. The lowest BCUT2D eigenvalue weighted by Gasteiger charge is -2.14. The highest BCUT2D eigenvalue weighted by Crippen LogP contribution is 2.19. The van der Waals surface area contributed by atoms with Crippen LogP contribution in [0, 0.1) is 5.82 Å². The number of benzene rings is 1. The van der Waals surface area contributed by atoms with Crippen LogP contribution in [0.2, 0.25) is 0 Å². The van der Waals surface area contributed by atoms with Crippen LogP contribution in [0.25, 0.3) is 0 Å². The second kappa shape index (κ2) is 4.92. The normalized spacial score (nSPS) is 12.6. The number of hydrogen-bond acceptors (Lipinski definition) is 3. The Morgan fingerprint density at radius 2 is 2.12 bits per heavy atom. The molecule has 0 amide bonds. The molecule has 1 aromatic heterocycles. The van der Waals surface area contributed by atoms with E-state index in [1.807, 2.05) is 6.07 Å². The van der Waals surface area contributed by atoms with Gasteiger partial charge in [0.1, 0.15) is 5.82 Å². The van der Waals surface area contributed by atoms with Gasteiger partial charge in [-0.1, -0.05) is 18.2 Å². The Morgan fingerprint density at radius 3 is 2.75 bits per heavy atom. The third-order valence-corrected chi connectivity index (χ3v) is 2.53. The highest BCUT2D eigenvalue weighted by atomic mass is 19.1. The lowest BCUT2D eigenvalue weighted by molar-refractivity contribution is 0.513. The molecule has 0 bridgehead atoms. The SMILES string of the molecule is NNC(Cc1ccccc1F)c1ccoc1. The molecule has 1 atom stereocenters. The Morgan fingerprint density at radius 1 is 1.31 bits per heavy atom. The first-order valence-electron chi connectivity index (χ1n) is 5.03. The molecule has 0 saturated carbocycles. The summed E-state index contributed by atoms with van der Waals surface area (Å²) in [5, 5.41) is 0. The summed E-state index contributed by atoms with van der Waals surface area (Å²) in [4.78, 5) is 0. The van der Waals surface area contributed by atoms with Gasteiger partial charge in [0.05, 0.1) is 18.6 Å². The van der Waals surface area contributed by atoms with Gasteiger partial charge in [-0.15, -0.1) is 0 Å². The summed E-state index contributed by atoms with van der Waals surface area (Å²) in [5.74, 6) is 5.23. The van der Waals surface area contributed by atoms with Crippen LogP contribution in [0.15, 0.2) is 47.3 Å². The second-order valence-corrected chi connectivity index (χ2v) is 3.57. The van der Waals surface area contributed by atoms with E-state index in [-0.39, 0.29) is 11.9 Å². The zero-order chi connectivity index (χ0) is 11.4. The van der Waals surface area contributed by atoms with Crippen molar-refractivity contribution < 1.29 is 8.81 Å². The van der Waals surface area contributed by atoms with E-state index in [1.54, 1.807) is 30.7 Å². The summed E-state index contributed by atoms with van der Waals surface area (Å²) in [7, 11) is 0. The fourth-order valence-electron chi connectivity index (χ4n) is 1.63. The minimum absolute atomic E-state index is 0.143. The van der Waals surface area contributed by atoms with E-state index in [1.165, 1.54) is 6.07 Å². The molecule has 1 unspecified atom stereocenters. The molecule has 0 aliphatic carbocycles. The minimum atomic E-state index is -0.216. The molecule has 0 radical (unpaired) electrons. The molecule has 84 valence electrons. The van der Waals surface area contributed by atoms with Crippen molar-refractivity contribution >= 4 is 0 Å². The monoisotopic (exact) mass is 220 g/mol. The fourth-order valence-corrected chi connectivity index (χ4v) is 1.63. The third-order valence-electron chi connectivity index (χ3n) is 2.53. The first kappa shape index (κ1) is 10.9. The predicted molar refractivity (Wildman–Crippen MR) is 58.9 cm³/mol. The quantitative estimate of drug-likeness (QED) is 0.613. The van der Waals surface area contributed by atoms with Crippen molar-refractivity contribution in [1.82, 2.24) is 5.43 Å². The molecule has 2 rings (SSSR count). The Balaban J connectivity index is 2.17. The minimum Gasteiger partial charge on any atom is -0.472 e. The lowest BCUT2D eigenvalue weighted by atomic mass is 10.0. The van der Waals surface area contributed by atoms with E-state index in [9.17, 15) is 4.39 Å². The number of furan rings is 1. The number of hydrogen-bond donors (Lipinski definition) is 2. The van der Waals surface area contributed by atoms with E-state index < -0.39 is 0 Å². The lowest BCUT2D eigenvalue weighted by Crippen LogP contribution is -2.29. The molecule has 3 N–H and O–H groups in total. The van der Waals surface area contributed by atoms with E-state index in [0.29, 0.717) is 12.0 Å². The van der Waals surface area contributed by atoms with E-state index >= 15 is 0 Å². The summed E-state index contributed by atoms with van der Waals surface area (Å²) >= 11 is 0. The molecule has 3 nitrogen and oxygen atoms in total. The molecule has 4 heteroatoms. The number of hydrazine groups is 1. The van der Waals surface area contributed by atoms with Gasteiger partial charge in [0.2, 0.25) is 0 Å². The summed E-state index contributed by atoms with van der Waals surface area (Å²) < 4.78 is 18.4. The molecule has 0 fully saturated rings. The average molecular weight is 220 g/mol. The van der Waals surface area contributed by atoms with Crippen molar-refractivity contribution in [3.63, 3.8) is 0 Å². The largest absolute Gasteiger partial charge is 0.472 e. The van der Waals surface area contributed by atoms with Crippen LogP contribution in [-0.2, 0) is 6.42 Å². The topological polar surface area (TPSA) is 51.2 Å². The second-order valence-electron chi connectivity index (χ2n) is 3.57. The fraction of sp³-hybridized carbons (Fsp3) is 0.167. The first-order chi connectivity index (χ1) is 7.81. The maximum Gasteiger partial charge on any atom is 0.126 e. The van der Waals surface area contributed by atoms with Crippen molar-refractivity contribution in [1.29, 1.82) is 0 Å². The number of rotatable bonds is 4. The van der Waals surface area contributed by atoms with Gasteiger partial charge in [-0.25, -0.2) is 4.39 Å². The zero-order valence-electron chi connectivity index (χ0n) is 8.69. The molecular formula is C12H13FN2O. The van der Waals surface area contributed by atoms with Crippen LogP contribution < -0.4 is 11.3 Å². The Bertz CT molecular complexity index is 442. The summed E-state index contributed by atoms with van der Waals surface area (Å²) in [6.07, 6.45) is 3.66. The van der Waals surface area contributed by atoms with Crippen LogP contribution in [-0.4, -0.2) is 0 Å². The van der Waals surface area contributed by atoms with Gasteiger partial charge in [-0.3, -0.25) is 11.3 Å². The third kappa shape index (κ3) is 2.29. The zero-order valence-corrected chi connectivity index (χ0v) is 8.69. The molecule has 16 heavy (non-hydrogen) atoms. The van der Waals surface area contributed by atoms with Crippen molar-refractivity contribution in [2.24, 2.45) is 5.84 Å². The van der Waals surface area contributed by atoms with Crippen LogP contribution in [0.5, 0.6) is 0 Å². The molecule has 1 aromatic carbocycles. The molecule has 1 heterocycles. The average Bonchev–Trinajstić information content (AvgIpc) is 2.81. The summed E-state index contributed by atoms with van der Waals surface area (Å²) in [5.41, 5.74) is 4.19. The maximum absolute atomic E-state index is 13.4. The van der Waals surface area contributed by atoms with Gasteiger partial charge in [0.25, 0.3) is 0 Å². The van der Waals surface area contributed by atoms with Gasteiger partial charge >= 0.3 is 0 Å². The first-order valence-corrected chi connectivity index (χ1v) is 5.03. The summed E-state index contributed by atoms with van der Waals surface area (Å²) in [6.45, 7) is 0. The molecule has 2 aromatic rings. The Hall–Kier alpha value is -1.65. The van der Waals surface area contributed by atoms with Crippen LogP contribution in [0.3, 0.4) is 0 Å². The molecule has 0 aliphatic heterocycles. The summed E-state index contributed by atoms with van der Waals surface area (Å²) in [6, 6.07) is 8.34. The van der Waals surface area contributed by atoms with Crippen LogP contribution in [0.4, 0.5) is 4.39 Å². The van der Waals surface area contributed by atoms with E-state index in [4.69, 9.17) is 10.3 Å². The van der Waals surface area contributed by atoms with Gasteiger partial charge in [-0.05, 0) is 24.1 Å². The smallest absolute Gasteiger partial charge is 0.126 e. The molecule has 0 spiro atoms. The molecule has 0 saturated heterocycles. The number of nitrogens with two attached hydrogens (primary N) is 1. The molecular weight excluding hydrogens is 207 g/mol. The van der Waals surface area contributed by atoms with Crippen LogP contribution >= 0.6 is 0 Å². The molecule has 0 aliphatic rings. The van der Waals surface area contributed by atoms with E-state index in [2.05, 4.69) is 5.43 Å². The number of nitrogens with one attached hydrogen (secondary N) is 1. The van der Waals surface area contributed by atoms with E-state index in [0.717, 1.165) is 5.56 Å². The Labute approximate surface area is 93.0 Å². The number of halogens is 1. The van der Waals surface area contributed by atoms with Gasteiger partial charge < -0.3 is 4.42 Å². The van der Waals surface area contributed by atoms with Crippen LogP contribution in [0.1, 0.15) is 17.2 Å². The Kier molecular flexibility index (Phi) is 3.34. The highest BCUT2D eigenvalue weighted by Gasteiger charge is 2.13. The van der Waals surface area contributed by atoms with Gasteiger partial charge in [0, 0.05) is 5.56 Å². The van der Waals surface area contributed by atoms with Crippen molar-refractivity contribution in [3.05, 3.63) is 59.8 Å². The van der Waals surface area contributed by atoms with Crippen molar-refractivity contribution in [2.45, 2.75) is 12.5 Å². The van der Waals surface area contributed by atoms with Gasteiger partial charge in [-0.2, -0.15) is 0 Å².